The predicted octanol–water partition coefficient (Wildman–Crippen LogP) is 7.38. The van der Waals surface area contributed by atoms with E-state index in [0.717, 1.165) is 51.4 Å². The van der Waals surface area contributed by atoms with Crippen molar-refractivity contribution >= 4 is 11.9 Å². The van der Waals surface area contributed by atoms with E-state index < -0.39 is 5.41 Å². The van der Waals surface area contributed by atoms with Gasteiger partial charge < -0.3 is 10.1 Å². The largest absolute Gasteiger partial charge is 0.453 e. The summed E-state index contributed by atoms with van der Waals surface area (Å²) in [6.07, 6.45) is 9.85. The zero-order valence-electron chi connectivity index (χ0n) is 24.9. The topological polar surface area (TPSA) is 79.2 Å². The lowest BCUT2D eigenvalue weighted by molar-refractivity contribution is -0.201. The third-order valence-electron chi connectivity index (χ3n) is 13.2. The van der Waals surface area contributed by atoms with Crippen molar-refractivity contribution in [2.45, 2.75) is 105 Å². The van der Waals surface area contributed by atoms with Gasteiger partial charge in [-0.1, -0.05) is 66.7 Å². The van der Waals surface area contributed by atoms with E-state index in [4.69, 9.17) is 11.3 Å². The molecule has 0 aliphatic heterocycles. The van der Waals surface area contributed by atoms with Crippen LogP contribution in [-0.4, -0.2) is 24.5 Å². The van der Waals surface area contributed by atoms with E-state index in [2.05, 4.69) is 65.9 Å². The summed E-state index contributed by atoms with van der Waals surface area (Å²) in [5, 5.41) is 13.3. The molecule has 0 unspecified atom stereocenters. The molecule has 5 aliphatic rings. The van der Waals surface area contributed by atoms with Crippen LogP contribution in [-0.2, 0) is 9.53 Å². The highest BCUT2D eigenvalue weighted by Crippen LogP contribution is 2.76. The van der Waals surface area contributed by atoms with Gasteiger partial charge in [0.15, 0.2) is 5.78 Å². The van der Waals surface area contributed by atoms with E-state index in [1.165, 1.54) is 12.7 Å². The second kappa shape index (κ2) is 8.21. The van der Waals surface area contributed by atoms with Gasteiger partial charge in [0.05, 0.1) is 12.7 Å². The van der Waals surface area contributed by atoms with Crippen molar-refractivity contribution in [1.82, 2.24) is 5.32 Å². The number of amides is 1. The van der Waals surface area contributed by atoms with Gasteiger partial charge in [0, 0.05) is 11.0 Å². The smallest absolute Gasteiger partial charge is 0.407 e. The monoisotopic (exact) mass is 520 g/mol. The first-order valence-corrected chi connectivity index (χ1v) is 14.7. The van der Waals surface area contributed by atoms with Gasteiger partial charge in [0.1, 0.15) is 6.07 Å². The molecule has 0 heterocycles. The molecular weight excluding hydrogens is 472 g/mol. The number of alkyl carbamates (subject to hydrolysis) is 1. The molecule has 4 saturated carbocycles. The minimum atomic E-state index is -0.547. The Morgan fingerprint density at radius 2 is 1.68 bits per heavy atom. The summed E-state index contributed by atoms with van der Waals surface area (Å²) in [4.78, 5) is 25.9. The molecule has 0 spiro atoms. The zero-order chi connectivity index (χ0) is 28.1. The van der Waals surface area contributed by atoms with Crippen molar-refractivity contribution in [2.24, 2.45) is 50.7 Å². The van der Waals surface area contributed by atoms with Crippen molar-refractivity contribution in [1.29, 1.82) is 5.26 Å². The van der Waals surface area contributed by atoms with E-state index in [9.17, 15) is 14.9 Å². The number of carbonyl (C=O) groups is 2. The van der Waals surface area contributed by atoms with Crippen LogP contribution < -0.4 is 5.32 Å². The molecule has 1 N–H and O–H groups in total. The number of nitrogens with zero attached hydrogens (tertiary/aromatic N) is 1. The number of carbonyl (C=O) groups excluding carboxylic acids is 2. The lowest BCUT2D eigenvalue weighted by Gasteiger charge is -2.73. The number of methoxy groups -OCH3 is 1. The maximum Gasteiger partial charge on any atom is 0.407 e. The molecular formula is C33H48N2O3. The average molecular weight is 521 g/mol. The highest BCUT2D eigenvalue weighted by molar-refractivity contribution is 6.04. The average Bonchev–Trinajstić information content (AvgIpc) is 2.83. The van der Waals surface area contributed by atoms with Crippen LogP contribution >= 0.6 is 0 Å². The zero-order valence-corrected chi connectivity index (χ0v) is 24.9. The lowest BCUT2D eigenvalue weighted by Crippen LogP contribution is -2.70. The first-order valence-electron chi connectivity index (χ1n) is 14.7. The quantitative estimate of drug-likeness (QED) is 0.366. The second-order valence-corrected chi connectivity index (χ2v) is 15.7. The van der Waals surface area contributed by atoms with E-state index in [-0.39, 0.29) is 45.0 Å². The molecule has 0 aromatic carbocycles. The number of allylic oxidation sites excluding steroid dienone is 3. The molecule has 0 aromatic rings. The molecule has 0 saturated heterocycles. The van der Waals surface area contributed by atoms with Crippen LogP contribution in [0.1, 0.15) is 99.8 Å². The summed E-state index contributed by atoms with van der Waals surface area (Å²) in [7, 11) is 1.46. The lowest BCUT2D eigenvalue weighted by atomic mass is 9.32. The molecule has 208 valence electrons. The van der Waals surface area contributed by atoms with Gasteiger partial charge in [-0.3, -0.25) is 4.79 Å². The number of ether oxygens (including phenoxy) is 1. The van der Waals surface area contributed by atoms with E-state index in [1.54, 1.807) is 0 Å². The standard InChI is InChI=1S/C33H48N2O3/c1-20-16-24-30(6)17-21(19-34)26(36)29(4,5)23(30)10-11-31(24,7)32(8)13-15-33(35-27(37)38-9)14-12-28(2,3)18-22(33)25(20)32/h17,22-25H,1,10-16,18H2,2-9H3,(H,35,37)/t22-,23-,24+,25+,30-,31+,32+,33-/m0/s1. The minimum Gasteiger partial charge on any atom is -0.453 e. The summed E-state index contributed by atoms with van der Waals surface area (Å²) < 4.78 is 5.13. The van der Waals surface area contributed by atoms with Crippen molar-refractivity contribution in [3.8, 4) is 6.07 Å². The number of hydrogen-bond donors (Lipinski definition) is 1. The van der Waals surface area contributed by atoms with Crippen LogP contribution in [0.3, 0.4) is 0 Å². The van der Waals surface area contributed by atoms with Crippen LogP contribution in [0, 0.1) is 62.1 Å². The highest BCUT2D eigenvalue weighted by Gasteiger charge is 2.71. The molecule has 4 fully saturated rings. The Kier molecular flexibility index (Phi) is 5.94. The third kappa shape index (κ3) is 3.40. The fraction of sp³-hybridized carbons (Fsp3) is 0.788. The Balaban J connectivity index is 1.62. The van der Waals surface area contributed by atoms with Crippen LogP contribution in [0.2, 0.25) is 0 Å². The van der Waals surface area contributed by atoms with E-state index in [1.807, 2.05) is 0 Å². The predicted molar refractivity (Wildman–Crippen MR) is 149 cm³/mol. The molecule has 5 aliphatic carbocycles. The summed E-state index contributed by atoms with van der Waals surface area (Å²) in [6, 6.07) is 2.26. The Labute approximate surface area is 229 Å². The Bertz CT molecular complexity index is 1160. The van der Waals surface area contributed by atoms with Gasteiger partial charge in [-0.15, -0.1) is 0 Å². The van der Waals surface area contributed by atoms with Gasteiger partial charge in [0.25, 0.3) is 0 Å². The Morgan fingerprint density at radius 3 is 2.32 bits per heavy atom. The van der Waals surface area contributed by atoms with Crippen LogP contribution in [0.15, 0.2) is 23.8 Å². The fourth-order valence-corrected chi connectivity index (χ4v) is 11.0. The van der Waals surface area contributed by atoms with Crippen molar-refractivity contribution in [3.05, 3.63) is 23.8 Å². The summed E-state index contributed by atoms with van der Waals surface area (Å²) in [6.45, 7) is 21.0. The molecule has 0 bridgehead atoms. The van der Waals surface area contributed by atoms with Crippen LogP contribution in [0.25, 0.3) is 0 Å². The molecule has 8 atom stereocenters. The summed E-state index contributed by atoms with van der Waals surface area (Å²) in [5.41, 5.74) is 0.873. The maximum atomic E-state index is 13.3. The fourth-order valence-electron chi connectivity index (χ4n) is 11.0. The number of ketones is 1. The molecule has 5 nitrogen and oxygen atoms in total. The number of fused-ring (bicyclic) bond motifs is 7. The van der Waals surface area contributed by atoms with Crippen molar-refractivity contribution in [3.63, 3.8) is 0 Å². The molecule has 38 heavy (non-hydrogen) atoms. The molecule has 0 radical (unpaired) electrons. The minimum absolute atomic E-state index is 0.00516. The maximum absolute atomic E-state index is 13.3. The summed E-state index contributed by atoms with van der Waals surface area (Å²) in [5.74, 6) is 1.16. The van der Waals surface area contributed by atoms with E-state index >= 15 is 0 Å². The SMILES string of the molecule is C=C1C[C@@H]2[C@@]3(C)C=C(C#N)C(=O)C(C)(C)[C@@H]3CC[C@@]2(C)[C@]2(C)CC[C@@]3(NC(=O)OC)CCC(C)(C)C[C@H]3[C@@H]12. The van der Waals surface area contributed by atoms with Gasteiger partial charge in [-0.2, -0.15) is 5.26 Å². The molecule has 1 amide bonds. The van der Waals surface area contributed by atoms with Crippen LogP contribution in [0.4, 0.5) is 4.79 Å². The molecule has 0 aromatic heterocycles. The number of rotatable bonds is 1. The van der Waals surface area contributed by atoms with Crippen molar-refractivity contribution < 1.29 is 14.3 Å². The summed E-state index contributed by atoms with van der Waals surface area (Å²) >= 11 is 0. The second-order valence-electron chi connectivity index (χ2n) is 15.7. The number of Topliss-reactive ketones (excluding diaryl/α,β-unsaturated/α-hetero) is 1. The number of nitrogens with one attached hydrogen (secondary N) is 1. The Morgan fingerprint density at radius 1 is 1.03 bits per heavy atom. The third-order valence-corrected chi connectivity index (χ3v) is 13.2. The van der Waals surface area contributed by atoms with Crippen molar-refractivity contribution in [2.75, 3.05) is 7.11 Å². The van der Waals surface area contributed by atoms with Crippen LogP contribution in [0.5, 0.6) is 0 Å². The van der Waals surface area contributed by atoms with Gasteiger partial charge in [0.2, 0.25) is 0 Å². The first-order chi connectivity index (χ1) is 17.5. The van der Waals surface area contributed by atoms with Gasteiger partial charge in [-0.25, -0.2) is 4.79 Å². The normalized spacial score (nSPS) is 46.8. The molecule has 5 heteroatoms. The van der Waals surface area contributed by atoms with E-state index in [0.29, 0.717) is 23.3 Å². The number of nitriles is 1. The van der Waals surface area contributed by atoms with Gasteiger partial charge in [-0.05, 0) is 96.7 Å². The van der Waals surface area contributed by atoms with Gasteiger partial charge >= 0.3 is 6.09 Å². The molecule has 5 rings (SSSR count). The number of hydrogen-bond acceptors (Lipinski definition) is 4. The highest BCUT2D eigenvalue weighted by atomic mass is 16.5. The Hall–Kier alpha value is -2.09. The first kappa shape index (κ1) is 27.5.